The van der Waals surface area contributed by atoms with E-state index in [0.29, 0.717) is 28.4 Å². The normalized spacial score (nSPS) is 10.8. The van der Waals surface area contributed by atoms with Crippen LogP contribution in [0.1, 0.15) is 15.9 Å². The molecule has 9 nitrogen and oxygen atoms in total. The molecule has 0 saturated heterocycles. The first-order chi connectivity index (χ1) is 18.8. The lowest BCUT2D eigenvalue weighted by atomic mass is 10.1. The van der Waals surface area contributed by atoms with Gasteiger partial charge in [0.2, 0.25) is 5.71 Å². The summed E-state index contributed by atoms with van der Waals surface area (Å²) in [6, 6.07) is 22.2. The number of benzene rings is 3. The van der Waals surface area contributed by atoms with Crippen molar-refractivity contribution in [3.8, 4) is 22.9 Å². The third kappa shape index (κ3) is 4.62. The molecule has 1 amide bonds. The molecule has 0 fully saturated rings. The van der Waals surface area contributed by atoms with E-state index in [-0.39, 0.29) is 27.1 Å². The summed E-state index contributed by atoms with van der Waals surface area (Å²) in [6.07, 6.45) is 0. The second kappa shape index (κ2) is 10.4. The average Bonchev–Trinajstić information content (AvgIpc) is 2.96. The van der Waals surface area contributed by atoms with E-state index in [4.69, 9.17) is 26.1 Å². The van der Waals surface area contributed by atoms with Crippen molar-refractivity contribution >= 4 is 34.9 Å². The van der Waals surface area contributed by atoms with Crippen LogP contribution in [0, 0.1) is 11.7 Å². The highest BCUT2D eigenvalue weighted by Gasteiger charge is 2.23. The molecule has 0 aliphatic heterocycles. The standard InChI is InChI=1S/C29H23N3O6S/c1-17-23-26(34)31(19-9-13-21(36-2)14-10-19)29(39)32(20-11-15-22(37-3)16-12-20)27(23)38-28(35)24(17)30-25(33)18-7-5-4-6-8-18/h4-16H,1-3H3,(H,30,33). The monoisotopic (exact) mass is 541 g/mol. The lowest BCUT2D eigenvalue weighted by molar-refractivity contribution is 0.102. The van der Waals surface area contributed by atoms with Crippen LogP contribution >= 0.6 is 12.2 Å². The molecule has 196 valence electrons. The number of fused-ring (bicyclic) bond motifs is 1. The van der Waals surface area contributed by atoms with E-state index in [0.717, 1.165) is 0 Å². The van der Waals surface area contributed by atoms with Gasteiger partial charge >= 0.3 is 5.63 Å². The number of ether oxygens (including phenoxy) is 2. The Kier molecular flexibility index (Phi) is 6.86. The largest absolute Gasteiger partial charge is 0.497 e. The van der Waals surface area contributed by atoms with Gasteiger partial charge in [-0.1, -0.05) is 18.2 Å². The van der Waals surface area contributed by atoms with E-state index in [1.165, 1.54) is 9.13 Å². The van der Waals surface area contributed by atoms with E-state index in [2.05, 4.69) is 5.32 Å². The van der Waals surface area contributed by atoms with Gasteiger partial charge in [0.25, 0.3) is 11.5 Å². The number of anilines is 1. The number of nitrogens with zero attached hydrogens (tertiary/aromatic N) is 2. The first-order valence-electron chi connectivity index (χ1n) is 11.8. The van der Waals surface area contributed by atoms with Gasteiger partial charge in [-0.25, -0.2) is 4.79 Å². The minimum atomic E-state index is -0.817. The number of hydrogen-bond acceptors (Lipinski definition) is 7. The SMILES string of the molecule is COc1ccc(-n2c(=O)c3c(C)c(NC(=O)c4ccccc4)c(=O)oc3n(-c3ccc(OC)cc3)c2=S)cc1. The van der Waals surface area contributed by atoms with Crippen LogP contribution in [-0.2, 0) is 0 Å². The fourth-order valence-corrected chi connectivity index (χ4v) is 4.64. The number of hydrogen-bond donors (Lipinski definition) is 1. The summed E-state index contributed by atoms with van der Waals surface area (Å²) in [4.78, 5) is 40.0. The number of methoxy groups -OCH3 is 2. The molecule has 39 heavy (non-hydrogen) atoms. The summed E-state index contributed by atoms with van der Waals surface area (Å²) in [5.41, 5.74) is 0.112. The number of nitrogens with one attached hydrogen (secondary N) is 1. The number of aryl methyl sites for hydroxylation is 1. The van der Waals surface area contributed by atoms with Crippen molar-refractivity contribution in [2.24, 2.45) is 0 Å². The molecule has 0 saturated carbocycles. The fourth-order valence-electron chi connectivity index (χ4n) is 4.26. The zero-order valence-corrected chi connectivity index (χ0v) is 22.1. The van der Waals surface area contributed by atoms with Crippen LogP contribution in [0.2, 0.25) is 0 Å². The summed E-state index contributed by atoms with van der Waals surface area (Å²) in [6.45, 7) is 1.58. The smallest absolute Gasteiger partial charge is 0.361 e. The van der Waals surface area contributed by atoms with Crippen molar-refractivity contribution in [2.45, 2.75) is 6.92 Å². The molecule has 3 aromatic carbocycles. The lowest BCUT2D eigenvalue weighted by Crippen LogP contribution is -2.27. The van der Waals surface area contributed by atoms with Gasteiger partial charge in [0, 0.05) is 5.56 Å². The predicted octanol–water partition coefficient (Wildman–Crippen LogP) is 5.04. The number of carbonyl (C=O) groups excluding carboxylic acids is 1. The Balaban J connectivity index is 1.82. The van der Waals surface area contributed by atoms with Crippen molar-refractivity contribution in [3.05, 3.63) is 116 Å². The lowest BCUT2D eigenvalue weighted by Gasteiger charge is -2.17. The topological polar surface area (TPSA) is 105 Å². The molecular formula is C29H23N3O6S. The van der Waals surface area contributed by atoms with E-state index in [9.17, 15) is 14.4 Å². The van der Waals surface area contributed by atoms with Gasteiger partial charge in [-0.3, -0.25) is 18.7 Å². The first-order valence-corrected chi connectivity index (χ1v) is 12.3. The molecule has 10 heteroatoms. The van der Waals surface area contributed by atoms with Crippen LogP contribution in [0.4, 0.5) is 5.69 Å². The quantitative estimate of drug-likeness (QED) is 0.300. The Morgan fingerprint density at radius 2 is 1.36 bits per heavy atom. The second-order valence-corrected chi connectivity index (χ2v) is 8.91. The van der Waals surface area contributed by atoms with Gasteiger partial charge in [-0.2, -0.15) is 0 Å². The van der Waals surface area contributed by atoms with Crippen molar-refractivity contribution in [2.75, 3.05) is 19.5 Å². The molecule has 0 atom stereocenters. The van der Waals surface area contributed by atoms with Crippen LogP contribution in [0.25, 0.3) is 22.5 Å². The van der Waals surface area contributed by atoms with Crippen LogP contribution in [0.15, 0.2) is 92.9 Å². The highest BCUT2D eigenvalue weighted by molar-refractivity contribution is 7.71. The summed E-state index contributed by atoms with van der Waals surface area (Å²) in [7, 11) is 3.09. The number of rotatable bonds is 6. The highest BCUT2D eigenvalue weighted by atomic mass is 32.1. The van der Waals surface area contributed by atoms with Crippen molar-refractivity contribution in [3.63, 3.8) is 0 Å². The van der Waals surface area contributed by atoms with Crippen LogP contribution in [0.3, 0.4) is 0 Å². The van der Waals surface area contributed by atoms with Crippen LogP contribution in [0.5, 0.6) is 11.5 Å². The molecule has 0 unspecified atom stereocenters. The van der Waals surface area contributed by atoms with Crippen molar-refractivity contribution in [1.29, 1.82) is 0 Å². The maximum Gasteiger partial charge on any atom is 0.361 e. The Hall–Kier alpha value is -4.96. The summed E-state index contributed by atoms with van der Waals surface area (Å²) in [5.74, 6) is 0.708. The van der Waals surface area contributed by atoms with Crippen LogP contribution in [-0.4, -0.2) is 29.3 Å². The molecule has 0 radical (unpaired) electrons. The summed E-state index contributed by atoms with van der Waals surface area (Å²) >= 11 is 5.78. The van der Waals surface area contributed by atoms with E-state index in [1.807, 2.05) is 0 Å². The predicted molar refractivity (Wildman–Crippen MR) is 150 cm³/mol. The van der Waals surface area contributed by atoms with Gasteiger partial charge in [0.15, 0.2) is 4.77 Å². The minimum absolute atomic E-state index is 0.0415. The van der Waals surface area contributed by atoms with Gasteiger partial charge in [0.05, 0.1) is 25.6 Å². The number of amides is 1. The number of carbonyl (C=O) groups is 1. The molecule has 0 aliphatic carbocycles. The summed E-state index contributed by atoms with van der Waals surface area (Å²) < 4.78 is 19.1. The molecule has 5 rings (SSSR count). The highest BCUT2D eigenvalue weighted by Crippen LogP contribution is 2.26. The van der Waals surface area contributed by atoms with E-state index < -0.39 is 17.1 Å². The minimum Gasteiger partial charge on any atom is -0.497 e. The van der Waals surface area contributed by atoms with Crippen molar-refractivity contribution in [1.82, 2.24) is 9.13 Å². The van der Waals surface area contributed by atoms with Gasteiger partial charge < -0.3 is 19.2 Å². The zero-order chi connectivity index (χ0) is 27.7. The molecule has 2 aromatic heterocycles. The molecule has 0 spiro atoms. The van der Waals surface area contributed by atoms with Gasteiger partial charge in [-0.15, -0.1) is 0 Å². The summed E-state index contributed by atoms with van der Waals surface area (Å²) in [5, 5.41) is 2.70. The second-order valence-electron chi connectivity index (χ2n) is 8.54. The third-order valence-electron chi connectivity index (χ3n) is 6.30. The molecule has 0 bridgehead atoms. The average molecular weight is 542 g/mol. The molecule has 0 aliphatic rings. The Labute approximate surface area is 227 Å². The Morgan fingerprint density at radius 1 is 0.821 bits per heavy atom. The van der Waals surface area contributed by atoms with Gasteiger partial charge in [-0.05, 0) is 85.4 Å². The molecular weight excluding hydrogens is 518 g/mol. The number of aromatic nitrogens is 2. The molecule has 5 aromatic rings. The molecule has 1 N–H and O–H groups in total. The van der Waals surface area contributed by atoms with Crippen molar-refractivity contribution < 1.29 is 18.7 Å². The zero-order valence-electron chi connectivity index (χ0n) is 21.3. The fraction of sp³-hybridized carbons (Fsp3) is 0.103. The first kappa shape index (κ1) is 25.7. The maximum absolute atomic E-state index is 14.0. The van der Waals surface area contributed by atoms with E-state index in [1.54, 1.807) is 100 Å². The van der Waals surface area contributed by atoms with E-state index >= 15 is 0 Å². The third-order valence-corrected chi connectivity index (χ3v) is 6.66. The maximum atomic E-state index is 14.0. The van der Waals surface area contributed by atoms with Crippen LogP contribution < -0.4 is 26.0 Å². The molecule has 2 heterocycles. The Morgan fingerprint density at radius 3 is 1.90 bits per heavy atom. The Bertz CT molecular complexity index is 1870. The van der Waals surface area contributed by atoms with Gasteiger partial charge in [0.1, 0.15) is 22.6 Å².